The first-order valence-electron chi connectivity index (χ1n) is 11.5. The highest BCUT2D eigenvalue weighted by Crippen LogP contribution is 2.27. The van der Waals surface area contributed by atoms with Crippen molar-refractivity contribution in [2.24, 2.45) is 0 Å². The minimum absolute atomic E-state index is 0.0841. The number of carboxylic acid groups (broad SMARTS) is 1. The van der Waals surface area contributed by atoms with Gasteiger partial charge in [0.05, 0.1) is 11.8 Å². The number of hydrogen-bond acceptors (Lipinski definition) is 8. The second-order valence-electron chi connectivity index (χ2n) is 8.76. The fraction of sp³-hybridized carbons (Fsp3) is 0.500. The normalized spacial score (nSPS) is 17.7. The van der Waals surface area contributed by atoms with Gasteiger partial charge in [-0.25, -0.2) is 19.3 Å². The number of aromatic nitrogens is 4. The van der Waals surface area contributed by atoms with Crippen molar-refractivity contribution in [3.63, 3.8) is 0 Å². The maximum atomic E-state index is 13.4. The third-order valence-corrected chi connectivity index (χ3v) is 7.50. The van der Waals surface area contributed by atoms with Crippen molar-refractivity contribution in [1.82, 2.24) is 34.7 Å². The predicted molar refractivity (Wildman–Crippen MR) is 128 cm³/mol. The number of piperidine rings is 2. The van der Waals surface area contributed by atoms with Gasteiger partial charge in [0.25, 0.3) is 5.91 Å². The van der Waals surface area contributed by atoms with Gasteiger partial charge in [-0.1, -0.05) is 0 Å². The lowest BCUT2D eigenvalue weighted by Crippen LogP contribution is -2.47. The van der Waals surface area contributed by atoms with E-state index in [1.807, 2.05) is 11.6 Å². The van der Waals surface area contributed by atoms with Crippen molar-refractivity contribution in [3.05, 3.63) is 29.5 Å². The summed E-state index contributed by atoms with van der Waals surface area (Å²) in [6, 6.07) is 1.93. The number of nitrogens with one attached hydrogen (secondary N) is 2. The van der Waals surface area contributed by atoms with Gasteiger partial charge in [-0.3, -0.25) is 4.79 Å². The highest BCUT2D eigenvalue weighted by molar-refractivity contribution is 7.16. The first-order chi connectivity index (χ1) is 16.5. The van der Waals surface area contributed by atoms with Crippen LogP contribution >= 0.6 is 11.3 Å². The van der Waals surface area contributed by atoms with Crippen molar-refractivity contribution in [2.75, 3.05) is 38.5 Å². The van der Waals surface area contributed by atoms with E-state index in [0.29, 0.717) is 43.3 Å². The summed E-state index contributed by atoms with van der Waals surface area (Å²) in [5.41, 5.74) is 1.13. The molecular formula is C22H28N8O3S. The molecule has 0 atom stereocenters. The van der Waals surface area contributed by atoms with Gasteiger partial charge in [0, 0.05) is 49.9 Å². The van der Waals surface area contributed by atoms with E-state index in [4.69, 9.17) is 4.98 Å². The largest absolute Gasteiger partial charge is 0.465 e. The maximum Gasteiger partial charge on any atom is 0.407 e. The number of anilines is 1. The van der Waals surface area contributed by atoms with Gasteiger partial charge in [-0.05, 0) is 38.8 Å². The first kappa shape index (κ1) is 22.5. The van der Waals surface area contributed by atoms with E-state index in [9.17, 15) is 14.7 Å². The van der Waals surface area contributed by atoms with Gasteiger partial charge in [0.1, 0.15) is 16.3 Å². The van der Waals surface area contributed by atoms with E-state index in [1.54, 1.807) is 40.1 Å². The van der Waals surface area contributed by atoms with Crippen LogP contribution in [0.25, 0.3) is 16.2 Å². The summed E-state index contributed by atoms with van der Waals surface area (Å²) >= 11 is 1.55. The van der Waals surface area contributed by atoms with Crippen molar-refractivity contribution < 1.29 is 14.7 Å². The van der Waals surface area contributed by atoms with E-state index in [1.165, 1.54) is 4.90 Å². The lowest BCUT2D eigenvalue weighted by Gasteiger charge is -2.35. The van der Waals surface area contributed by atoms with E-state index in [0.717, 1.165) is 36.3 Å². The highest BCUT2D eigenvalue weighted by Gasteiger charge is 2.29. The number of hydrogen-bond donors (Lipinski definition) is 3. The van der Waals surface area contributed by atoms with E-state index >= 15 is 0 Å². The van der Waals surface area contributed by atoms with Gasteiger partial charge in [-0.15, -0.1) is 11.3 Å². The van der Waals surface area contributed by atoms with Gasteiger partial charge in [0.2, 0.25) is 0 Å². The Bertz CT molecular complexity index is 1180. The number of amides is 2. The Kier molecular flexibility index (Phi) is 6.33. The fourth-order valence-electron chi connectivity index (χ4n) is 4.58. The van der Waals surface area contributed by atoms with Crippen molar-refractivity contribution in [2.45, 2.75) is 37.8 Å². The number of nitrogens with zero attached hydrogens (tertiary/aromatic N) is 6. The molecule has 0 unspecified atom stereocenters. The molecule has 180 valence electrons. The Morgan fingerprint density at radius 2 is 1.97 bits per heavy atom. The summed E-state index contributed by atoms with van der Waals surface area (Å²) in [5, 5.41) is 22.4. The van der Waals surface area contributed by atoms with Gasteiger partial charge >= 0.3 is 6.09 Å². The molecule has 2 amide bonds. The Labute approximate surface area is 200 Å². The van der Waals surface area contributed by atoms with Crippen LogP contribution in [-0.4, -0.2) is 91.8 Å². The fourth-order valence-corrected chi connectivity index (χ4v) is 5.37. The van der Waals surface area contributed by atoms with Crippen LogP contribution < -0.4 is 10.6 Å². The lowest BCUT2D eigenvalue weighted by molar-refractivity contribution is 0.0638. The smallest absolute Gasteiger partial charge is 0.407 e. The van der Waals surface area contributed by atoms with Crippen LogP contribution in [0.5, 0.6) is 0 Å². The van der Waals surface area contributed by atoms with E-state index < -0.39 is 6.09 Å². The molecule has 2 aliphatic heterocycles. The zero-order chi connectivity index (χ0) is 23.7. The number of carbonyl (C=O) groups excluding carboxylic acids is 1. The Balaban J connectivity index is 1.41. The molecule has 3 aromatic heterocycles. The molecule has 0 radical (unpaired) electrons. The van der Waals surface area contributed by atoms with Gasteiger partial charge in [-0.2, -0.15) is 5.10 Å². The molecule has 2 aliphatic rings. The number of thiazole rings is 1. The molecule has 2 saturated heterocycles. The van der Waals surface area contributed by atoms with Crippen LogP contribution in [0.4, 0.5) is 10.6 Å². The second kappa shape index (κ2) is 9.55. The van der Waals surface area contributed by atoms with Crippen LogP contribution in [0.1, 0.15) is 36.2 Å². The zero-order valence-corrected chi connectivity index (χ0v) is 19.8. The Morgan fingerprint density at radius 3 is 2.71 bits per heavy atom. The van der Waals surface area contributed by atoms with Crippen LogP contribution in [0.3, 0.4) is 0 Å². The van der Waals surface area contributed by atoms with Gasteiger partial charge < -0.3 is 25.5 Å². The lowest BCUT2D eigenvalue weighted by atomic mass is 10.0. The summed E-state index contributed by atoms with van der Waals surface area (Å²) < 4.78 is 1.78. The predicted octanol–water partition coefficient (Wildman–Crippen LogP) is 2.23. The summed E-state index contributed by atoms with van der Waals surface area (Å²) in [7, 11) is 1.58. The topological polar surface area (TPSA) is 128 Å². The number of carbonyl (C=O) groups is 2. The monoisotopic (exact) mass is 484 g/mol. The minimum Gasteiger partial charge on any atom is -0.465 e. The third-order valence-electron chi connectivity index (χ3n) is 6.61. The SMILES string of the molecule is CN(C(=O)O)C1CCN(C(=O)c2cc(NC3CCNCC3)nc(-c3cnn4ccsc34)n2)CC1. The quantitative estimate of drug-likeness (QED) is 0.503. The summed E-state index contributed by atoms with van der Waals surface area (Å²) in [6.07, 6.45) is 5.84. The second-order valence-corrected chi connectivity index (χ2v) is 9.65. The van der Waals surface area contributed by atoms with Crippen molar-refractivity contribution >= 4 is 34.0 Å². The van der Waals surface area contributed by atoms with Crippen LogP contribution in [0.15, 0.2) is 23.8 Å². The molecule has 0 aromatic carbocycles. The van der Waals surface area contributed by atoms with Crippen molar-refractivity contribution in [1.29, 1.82) is 0 Å². The first-order valence-corrected chi connectivity index (χ1v) is 12.4. The molecule has 5 rings (SSSR count). The van der Waals surface area contributed by atoms with Crippen molar-refractivity contribution in [3.8, 4) is 11.4 Å². The summed E-state index contributed by atoms with van der Waals surface area (Å²) in [4.78, 5) is 38.1. The third kappa shape index (κ3) is 4.55. The Morgan fingerprint density at radius 1 is 1.21 bits per heavy atom. The average molecular weight is 485 g/mol. The molecule has 2 fully saturated rings. The zero-order valence-electron chi connectivity index (χ0n) is 19.0. The Hall–Kier alpha value is -3.25. The average Bonchev–Trinajstić information content (AvgIpc) is 3.48. The van der Waals surface area contributed by atoms with Crippen LogP contribution in [0.2, 0.25) is 0 Å². The summed E-state index contributed by atoms with van der Waals surface area (Å²) in [5.74, 6) is 0.944. The van der Waals surface area contributed by atoms with E-state index in [2.05, 4.69) is 20.7 Å². The maximum absolute atomic E-state index is 13.4. The van der Waals surface area contributed by atoms with Gasteiger partial charge in [0.15, 0.2) is 5.82 Å². The number of likely N-dealkylation sites (tertiary alicyclic amines) is 1. The highest BCUT2D eigenvalue weighted by atomic mass is 32.1. The standard InChI is InChI=1S/C22H28N8O3S/c1-28(22(32)33)15-4-8-29(9-5-15)20(31)17-12-18(25-14-2-6-23-7-3-14)27-19(26-17)16-13-24-30-10-11-34-21(16)30/h10-15,23H,2-9H2,1H3,(H,32,33)(H,25,26,27). The molecule has 11 nitrogen and oxygen atoms in total. The molecule has 12 heteroatoms. The summed E-state index contributed by atoms with van der Waals surface area (Å²) in [6.45, 7) is 2.86. The van der Waals surface area contributed by atoms with Crippen LogP contribution in [0, 0.1) is 0 Å². The number of rotatable bonds is 5. The molecule has 3 N–H and O–H groups in total. The molecule has 5 heterocycles. The molecular weight excluding hydrogens is 456 g/mol. The molecule has 3 aromatic rings. The molecule has 0 bridgehead atoms. The van der Waals surface area contributed by atoms with Crippen LogP contribution in [-0.2, 0) is 0 Å². The molecule has 34 heavy (non-hydrogen) atoms. The molecule has 0 aliphatic carbocycles. The minimum atomic E-state index is -0.945. The number of fused-ring (bicyclic) bond motifs is 1. The molecule has 0 spiro atoms. The van der Waals surface area contributed by atoms with E-state index in [-0.39, 0.29) is 18.0 Å². The molecule has 0 saturated carbocycles.